The first kappa shape index (κ1) is 12.6. The zero-order valence-corrected chi connectivity index (χ0v) is 10.7. The standard InChI is InChI=1S/C12H13ClN4O/c1-2-3-11-16-10(14)5-12(17-11)18-9-4-8(13)6-15-7-9/h4-7H,2-3H2,1H3,(H2,14,16,17). The zero-order valence-electron chi connectivity index (χ0n) is 9.93. The van der Waals surface area contributed by atoms with E-state index in [9.17, 15) is 0 Å². The van der Waals surface area contributed by atoms with Gasteiger partial charge in [0.2, 0.25) is 5.88 Å². The molecule has 6 heteroatoms. The second kappa shape index (κ2) is 5.64. The van der Waals surface area contributed by atoms with Crippen LogP contribution in [0.15, 0.2) is 24.5 Å². The van der Waals surface area contributed by atoms with Crippen LogP contribution in [0.3, 0.4) is 0 Å². The van der Waals surface area contributed by atoms with Crippen molar-refractivity contribution in [1.29, 1.82) is 0 Å². The van der Waals surface area contributed by atoms with Crippen molar-refractivity contribution >= 4 is 17.4 Å². The van der Waals surface area contributed by atoms with Crippen LogP contribution in [-0.4, -0.2) is 15.0 Å². The topological polar surface area (TPSA) is 73.9 Å². The number of pyridine rings is 1. The summed E-state index contributed by atoms with van der Waals surface area (Å²) in [7, 11) is 0. The van der Waals surface area contributed by atoms with E-state index in [-0.39, 0.29) is 0 Å². The third-order valence-electron chi connectivity index (χ3n) is 2.14. The van der Waals surface area contributed by atoms with Gasteiger partial charge in [0.25, 0.3) is 0 Å². The Kier molecular flexibility index (Phi) is 3.94. The molecular weight excluding hydrogens is 252 g/mol. The number of halogens is 1. The van der Waals surface area contributed by atoms with Gasteiger partial charge in [-0.15, -0.1) is 0 Å². The van der Waals surface area contributed by atoms with Gasteiger partial charge in [0.1, 0.15) is 17.4 Å². The lowest BCUT2D eigenvalue weighted by Crippen LogP contribution is -2.01. The van der Waals surface area contributed by atoms with Crippen LogP contribution in [0.25, 0.3) is 0 Å². The third-order valence-corrected chi connectivity index (χ3v) is 2.35. The van der Waals surface area contributed by atoms with Crippen molar-refractivity contribution in [2.75, 3.05) is 5.73 Å². The van der Waals surface area contributed by atoms with Crippen molar-refractivity contribution in [3.63, 3.8) is 0 Å². The zero-order chi connectivity index (χ0) is 13.0. The smallest absolute Gasteiger partial charge is 0.224 e. The number of aryl methyl sites for hydroxylation is 1. The number of anilines is 1. The predicted octanol–water partition coefficient (Wildman–Crippen LogP) is 2.85. The van der Waals surface area contributed by atoms with Crippen molar-refractivity contribution in [3.8, 4) is 11.6 Å². The second-order valence-corrected chi connectivity index (χ2v) is 4.17. The first-order valence-corrected chi connectivity index (χ1v) is 5.97. The fourth-order valence-corrected chi connectivity index (χ4v) is 1.61. The Labute approximate surface area is 110 Å². The van der Waals surface area contributed by atoms with E-state index in [1.165, 1.54) is 6.20 Å². The highest BCUT2D eigenvalue weighted by Crippen LogP contribution is 2.22. The van der Waals surface area contributed by atoms with Gasteiger partial charge in [-0.05, 0) is 6.42 Å². The maximum atomic E-state index is 5.82. The van der Waals surface area contributed by atoms with E-state index in [4.69, 9.17) is 22.1 Å². The van der Waals surface area contributed by atoms with Crippen molar-refractivity contribution in [3.05, 3.63) is 35.4 Å². The van der Waals surface area contributed by atoms with Crippen molar-refractivity contribution in [2.45, 2.75) is 19.8 Å². The molecule has 2 heterocycles. The molecule has 0 aliphatic rings. The summed E-state index contributed by atoms with van der Waals surface area (Å²) in [6, 6.07) is 3.23. The SMILES string of the molecule is CCCc1nc(N)cc(Oc2cncc(Cl)c2)n1. The van der Waals surface area contributed by atoms with E-state index in [0.29, 0.717) is 28.3 Å². The van der Waals surface area contributed by atoms with Crippen LogP contribution in [0.4, 0.5) is 5.82 Å². The Morgan fingerprint density at radius 1 is 1.28 bits per heavy atom. The molecule has 0 saturated heterocycles. The van der Waals surface area contributed by atoms with Crippen LogP contribution in [-0.2, 0) is 6.42 Å². The lowest BCUT2D eigenvalue weighted by Gasteiger charge is -2.07. The highest BCUT2D eigenvalue weighted by molar-refractivity contribution is 6.30. The summed E-state index contributed by atoms with van der Waals surface area (Å²) in [6.07, 6.45) is 4.80. The highest BCUT2D eigenvalue weighted by Gasteiger charge is 2.05. The summed E-state index contributed by atoms with van der Waals surface area (Å²) in [5.74, 6) is 1.97. The molecule has 0 aliphatic heterocycles. The van der Waals surface area contributed by atoms with Gasteiger partial charge in [0.05, 0.1) is 11.2 Å². The van der Waals surface area contributed by atoms with E-state index in [2.05, 4.69) is 15.0 Å². The summed E-state index contributed by atoms with van der Waals surface area (Å²) < 4.78 is 5.55. The summed E-state index contributed by atoms with van der Waals surface area (Å²) >= 11 is 5.82. The fraction of sp³-hybridized carbons (Fsp3) is 0.250. The predicted molar refractivity (Wildman–Crippen MR) is 69.8 cm³/mol. The third kappa shape index (κ3) is 3.30. The summed E-state index contributed by atoms with van der Waals surface area (Å²) in [5.41, 5.74) is 5.70. The van der Waals surface area contributed by atoms with Crippen LogP contribution in [0.1, 0.15) is 19.2 Å². The van der Waals surface area contributed by atoms with E-state index >= 15 is 0 Å². The summed E-state index contributed by atoms with van der Waals surface area (Å²) in [5, 5.41) is 0.503. The number of hydrogen-bond donors (Lipinski definition) is 1. The maximum Gasteiger partial charge on any atom is 0.224 e. The van der Waals surface area contributed by atoms with Crippen LogP contribution in [0, 0.1) is 0 Å². The summed E-state index contributed by atoms with van der Waals surface area (Å²) in [4.78, 5) is 12.3. The number of hydrogen-bond acceptors (Lipinski definition) is 5. The Morgan fingerprint density at radius 3 is 2.83 bits per heavy atom. The van der Waals surface area contributed by atoms with E-state index in [1.54, 1.807) is 18.3 Å². The molecule has 18 heavy (non-hydrogen) atoms. The molecule has 0 bridgehead atoms. The minimum absolute atomic E-state index is 0.387. The van der Waals surface area contributed by atoms with Gasteiger partial charge in [-0.25, -0.2) is 4.98 Å². The van der Waals surface area contributed by atoms with E-state index in [0.717, 1.165) is 12.8 Å². The molecule has 0 saturated carbocycles. The molecule has 94 valence electrons. The van der Waals surface area contributed by atoms with Crippen molar-refractivity contribution in [1.82, 2.24) is 15.0 Å². The van der Waals surface area contributed by atoms with Crippen molar-refractivity contribution < 1.29 is 4.74 Å². The minimum Gasteiger partial charge on any atom is -0.437 e. The van der Waals surface area contributed by atoms with Gasteiger partial charge in [-0.2, -0.15) is 4.98 Å². The van der Waals surface area contributed by atoms with Crippen LogP contribution in [0.5, 0.6) is 11.6 Å². The number of nitrogens with zero attached hydrogens (tertiary/aromatic N) is 3. The van der Waals surface area contributed by atoms with E-state index < -0.39 is 0 Å². The first-order valence-electron chi connectivity index (χ1n) is 5.59. The summed E-state index contributed by atoms with van der Waals surface area (Å²) in [6.45, 7) is 2.05. The van der Waals surface area contributed by atoms with Gasteiger partial charge in [0.15, 0.2) is 0 Å². The maximum absolute atomic E-state index is 5.82. The molecular formula is C12H13ClN4O. The fourth-order valence-electron chi connectivity index (χ4n) is 1.45. The number of rotatable bonds is 4. The largest absolute Gasteiger partial charge is 0.437 e. The van der Waals surface area contributed by atoms with Crippen LogP contribution < -0.4 is 10.5 Å². The molecule has 2 N–H and O–H groups in total. The molecule has 0 aromatic carbocycles. The molecule has 2 aromatic rings. The Balaban J connectivity index is 2.23. The molecule has 0 fully saturated rings. The second-order valence-electron chi connectivity index (χ2n) is 3.74. The molecule has 2 aromatic heterocycles. The highest BCUT2D eigenvalue weighted by atomic mass is 35.5. The quantitative estimate of drug-likeness (QED) is 0.919. The Bertz CT molecular complexity index is 547. The monoisotopic (exact) mass is 264 g/mol. The molecule has 2 rings (SSSR count). The molecule has 0 aliphatic carbocycles. The normalized spacial score (nSPS) is 10.3. The molecule has 0 amide bonds. The van der Waals surface area contributed by atoms with Crippen LogP contribution in [0.2, 0.25) is 5.02 Å². The molecule has 0 spiro atoms. The van der Waals surface area contributed by atoms with Crippen LogP contribution >= 0.6 is 11.6 Å². The lowest BCUT2D eigenvalue weighted by atomic mass is 10.3. The van der Waals surface area contributed by atoms with Gasteiger partial charge >= 0.3 is 0 Å². The van der Waals surface area contributed by atoms with E-state index in [1.807, 2.05) is 6.92 Å². The number of aromatic nitrogens is 3. The molecule has 0 atom stereocenters. The number of ether oxygens (including phenoxy) is 1. The van der Waals surface area contributed by atoms with Gasteiger partial charge in [-0.3, -0.25) is 4.98 Å². The minimum atomic E-state index is 0.387. The lowest BCUT2D eigenvalue weighted by molar-refractivity contribution is 0.457. The molecule has 0 unspecified atom stereocenters. The first-order chi connectivity index (χ1) is 8.67. The van der Waals surface area contributed by atoms with Gasteiger partial charge in [-0.1, -0.05) is 18.5 Å². The Hall–Kier alpha value is -1.88. The number of nitrogen functional groups attached to an aromatic ring is 1. The average Bonchev–Trinajstić information content (AvgIpc) is 2.28. The molecule has 5 nitrogen and oxygen atoms in total. The van der Waals surface area contributed by atoms with Crippen molar-refractivity contribution in [2.24, 2.45) is 0 Å². The van der Waals surface area contributed by atoms with Gasteiger partial charge in [0, 0.05) is 24.8 Å². The molecule has 0 radical (unpaired) electrons. The average molecular weight is 265 g/mol. The van der Waals surface area contributed by atoms with Gasteiger partial charge < -0.3 is 10.5 Å². The Morgan fingerprint density at radius 2 is 2.11 bits per heavy atom. The number of nitrogens with two attached hydrogens (primary N) is 1.